The lowest BCUT2D eigenvalue weighted by molar-refractivity contribution is -0.131. The molecule has 0 spiro atoms. The Morgan fingerprint density at radius 3 is 2.72 bits per heavy atom. The zero-order chi connectivity index (χ0) is 19.8. The van der Waals surface area contributed by atoms with E-state index in [-0.39, 0.29) is 5.91 Å². The van der Waals surface area contributed by atoms with Crippen molar-refractivity contribution in [3.8, 4) is 0 Å². The third-order valence-corrected chi connectivity index (χ3v) is 6.11. The quantitative estimate of drug-likeness (QED) is 0.543. The Labute approximate surface area is 170 Å². The predicted octanol–water partition coefficient (Wildman–Crippen LogP) is 4.97. The fourth-order valence-corrected chi connectivity index (χ4v) is 4.46. The van der Waals surface area contributed by atoms with Crippen molar-refractivity contribution in [1.29, 1.82) is 0 Å². The maximum atomic E-state index is 12.9. The summed E-state index contributed by atoms with van der Waals surface area (Å²) in [5, 5.41) is 2.37. The number of benzene rings is 3. The van der Waals surface area contributed by atoms with Crippen molar-refractivity contribution in [2.45, 2.75) is 32.1 Å². The average Bonchev–Trinajstić information content (AvgIpc) is 3.17. The summed E-state index contributed by atoms with van der Waals surface area (Å²) in [5.41, 5.74) is 4.49. The first kappa shape index (κ1) is 17.9. The van der Waals surface area contributed by atoms with Gasteiger partial charge in [-0.05, 0) is 53.8 Å². The van der Waals surface area contributed by atoms with Gasteiger partial charge in [0, 0.05) is 19.0 Å². The monoisotopic (exact) mass is 383 g/mol. The summed E-state index contributed by atoms with van der Waals surface area (Å²) in [7, 11) is 0. The topological polar surface area (TPSA) is 49.0 Å². The minimum atomic E-state index is 0.222. The van der Waals surface area contributed by atoms with Crippen LogP contribution in [0, 0.1) is 6.92 Å². The maximum Gasteiger partial charge on any atom is 0.227 e. The van der Waals surface area contributed by atoms with Crippen LogP contribution in [-0.4, -0.2) is 33.9 Å². The number of imidazole rings is 1. The van der Waals surface area contributed by atoms with E-state index in [1.165, 1.54) is 16.3 Å². The molecular formula is C25H25N3O. The molecule has 1 aliphatic heterocycles. The van der Waals surface area contributed by atoms with Crippen molar-refractivity contribution < 1.29 is 4.79 Å². The van der Waals surface area contributed by atoms with Crippen molar-refractivity contribution in [1.82, 2.24) is 14.9 Å². The lowest BCUT2D eigenvalue weighted by Crippen LogP contribution is -2.39. The number of rotatable bonds is 3. The summed E-state index contributed by atoms with van der Waals surface area (Å²) in [6.07, 6.45) is 2.39. The second-order valence-corrected chi connectivity index (χ2v) is 8.11. The number of nitrogens with zero attached hydrogens (tertiary/aromatic N) is 2. The van der Waals surface area contributed by atoms with Crippen molar-refractivity contribution in [3.05, 3.63) is 77.6 Å². The van der Waals surface area contributed by atoms with Crippen molar-refractivity contribution in [2.75, 3.05) is 13.1 Å². The van der Waals surface area contributed by atoms with Gasteiger partial charge in [0.1, 0.15) is 5.82 Å². The number of nitrogens with one attached hydrogen (secondary N) is 1. The number of aromatic nitrogens is 2. The molecule has 29 heavy (non-hydrogen) atoms. The van der Waals surface area contributed by atoms with Crippen molar-refractivity contribution in [2.24, 2.45) is 0 Å². The molecule has 4 aromatic rings. The van der Waals surface area contributed by atoms with Gasteiger partial charge in [-0.1, -0.05) is 48.5 Å². The van der Waals surface area contributed by atoms with Crippen molar-refractivity contribution in [3.63, 3.8) is 0 Å². The predicted molar refractivity (Wildman–Crippen MR) is 117 cm³/mol. The zero-order valence-electron chi connectivity index (χ0n) is 16.7. The highest BCUT2D eigenvalue weighted by molar-refractivity contribution is 5.90. The fraction of sp³-hybridized carbons (Fsp3) is 0.280. The van der Waals surface area contributed by atoms with Gasteiger partial charge >= 0.3 is 0 Å². The highest BCUT2D eigenvalue weighted by Gasteiger charge is 2.26. The van der Waals surface area contributed by atoms with E-state index in [0.29, 0.717) is 12.3 Å². The summed E-state index contributed by atoms with van der Waals surface area (Å²) in [5.74, 6) is 1.68. The van der Waals surface area contributed by atoms with Crippen LogP contribution in [0.15, 0.2) is 60.7 Å². The number of piperidine rings is 1. The SMILES string of the molecule is Cc1ccc2nc(C3CCN(C(=O)Cc4cccc5ccccc45)CC3)[nH]c2c1. The molecule has 0 aliphatic carbocycles. The molecule has 0 radical (unpaired) electrons. The third kappa shape index (κ3) is 3.51. The normalized spacial score (nSPS) is 15.3. The van der Waals surface area contributed by atoms with Gasteiger partial charge < -0.3 is 9.88 Å². The van der Waals surface area contributed by atoms with Crippen LogP contribution in [-0.2, 0) is 11.2 Å². The standard InChI is InChI=1S/C25H25N3O/c1-17-9-10-22-23(15-17)27-25(26-22)19-11-13-28(14-12-19)24(29)16-20-7-4-6-18-5-2-3-8-21(18)20/h2-10,15,19H,11-14,16H2,1H3,(H,26,27). The van der Waals surface area contributed by atoms with E-state index in [1.807, 2.05) is 23.1 Å². The molecule has 1 saturated heterocycles. The molecule has 0 bridgehead atoms. The average molecular weight is 383 g/mol. The van der Waals surface area contributed by atoms with Crippen LogP contribution >= 0.6 is 0 Å². The first-order chi connectivity index (χ1) is 14.2. The van der Waals surface area contributed by atoms with E-state index < -0.39 is 0 Å². The van der Waals surface area contributed by atoms with E-state index in [9.17, 15) is 4.79 Å². The minimum Gasteiger partial charge on any atom is -0.342 e. The van der Waals surface area contributed by atoms with Crippen LogP contribution in [0.5, 0.6) is 0 Å². The van der Waals surface area contributed by atoms with E-state index in [1.54, 1.807) is 0 Å². The summed E-state index contributed by atoms with van der Waals surface area (Å²) in [6, 6.07) is 20.8. The summed E-state index contributed by atoms with van der Waals surface area (Å²) < 4.78 is 0. The molecule has 2 heterocycles. The summed E-state index contributed by atoms with van der Waals surface area (Å²) in [4.78, 5) is 23.2. The number of hydrogen-bond acceptors (Lipinski definition) is 2. The summed E-state index contributed by atoms with van der Waals surface area (Å²) in [6.45, 7) is 3.69. The highest BCUT2D eigenvalue weighted by atomic mass is 16.2. The Hall–Kier alpha value is -3.14. The van der Waals surface area contributed by atoms with Gasteiger partial charge in [-0.15, -0.1) is 0 Å². The minimum absolute atomic E-state index is 0.222. The molecule has 3 aromatic carbocycles. The summed E-state index contributed by atoms with van der Waals surface area (Å²) >= 11 is 0. The van der Waals surface area contributed by atoms with Crippen LogP contribution in [0.25, 0.3) is 21.8 Å². The Morgan fingerprint density at radius 2 is 1.86 bits per heavy atom. The maximum absolute atomic E-state index is 12.9. The van der Waals surface area contributed by atoms with Crippen LogP contribution < -0.4 is 0 Å². The molecule has 1 aromatic heterocycles. The Bertz CT molecular complexity index is 1180. The Balaban J connectivity index is 1.26. The molecule has 146 valence electrons. The van der Waals surface area contributed by atoms with Gasteiger partial charge in [0.25, 0.3) is 0 Å². The van der Waals surface area contributed by atoms with Gasteiger partial charge in [-0.25, -0.2) is 4.98 Å². The second kappa shape index (κ2) is 7.36. The van der Waals surface area contributed by atoms with E-state index >= 15 is 0 Å². The van der Waals surface area contributed by atoms with E-state index in [0.717, 1.165) is 48.4 Å². The molecule has 1 fully saturated rings. The number of amides is 1. The second-order valence-electron chi connectivity index (χ2n) is 8.11. The van der Waals surface area contributed by atoms with Crippen LogP contribution in [0.4, 0.5) is 0 Å². The highest BCUT2D eigenvalue weighted by Crippen LogP contribution is 2.28. The first-order valence-electron chi connectivity index (χ1n) is 10.4. The first-order valence-corrected chi connectivity index (χ1v) is 10.4. The van der Waals surface area contributed by atoms with Gasteiger partial charge in [0.05, 0.1) is 17.5 Å². The lowest BCUT2D eigenvalue weighted by Gasteiger charge is -2.31. The number of aryl methyl sites for hydroxylation is 1. The molecular weight excluding hydrogens is 358 g/mol. The van der Waals surface area contributed by atoms with Crippen LogP contribution in [0.3, 0.4) is 0 Å². The molecule has 1 amide bonds. The number of H-pyrrole nitrogens is 1. The molecule has 1 aliphatic rings. The Kier molecular flexibility index (Phi) is 4.55. The number of carbonyl (C=O) groups is 1. The third-order valence-electron chi connectivity index (χ3n) is 6.11. The molecule has 1 N–H and O–H groups in total. The van der Waals surface area contributed by atoms with Gasteiger partial charge in [0.15, 0.2) is 0 Å². The molecule has 4 heteroatoms. The molecule has 0 unspecified atom stereocenters. The molecule has 5 rings (SSSR count). The lowest BCUT2D eigenvalue weighted by atomic mass is 9.95. The number of fused-ring (bicyclic) bond motifs is 2. The number of carbonyl (C=O) groups excluding carboxylic acids is 1. The fourth-order valence-electron chi connectivity index (χ4n) is 4.46. The smallest absolute Gasteiger partial charge is 0.227 e. The largest absolute Gasteiger partial charge is 0.342 e. The van der Waals surface area contributed by atoms with E-state index in [2.05, 4.69) is 54.4 Å². The molecule has 0 atom stereocenters. The zero-order valence-corrected chi connectivity index (χ0v) is 16.7. The van der Waals surface area contributed by atoms with Gasteiger partial charge in [-0.3, -0.25) is 4.79 Å². The van der Waals surface area contributed by atoms with Gasteiger partial charge in [-0.2, -0.15) is 0 Å². The molecule has 0 saturated carbocycles. The van der Waals surface area contributed by atoms with Crippen LogP contribution in [0.1, 0.15) is 35.7 Å². The Morgan fingerprint density at radius 1 is 1.07 bits per heavy atom. The van der Waals surface area contributed by atoms with Crippen molar-refractivity contribution >= 4 is 27.7 Å². The van der Waals surface area contributed by atoms with Crippen LogP contribution in [0.2, 0.25) is 0 Å². The van der Waals surface area contributed by atoms with E-state index in [4.69, 9.17) is 4.98 Å². The number of aromatic amines is 1. The number of hydrogen-bond donors (Lipinski definition) is 1. The van der Waals surface area contributed by atoms with Gasteiger partial charge in [0.2, 0.25) is 5.91 Å². The number of likely N-dealkylation sites (tertiary alicyclic amines) is 1. The molecule has 4 nitrogen and oxygen atoms in total.